The smallest absolute Gasteiger partial charge is 0.0575 e. The molecule has 1 fully saturated rings. The molecule has 20 heavy (non-hydrogen) atoms. The van der Waals surface area contributed by atoms with Gasteiger partial charge in [-0.1, -0.05) is 46.8 Å². The fraction of sp³-hybridized carbons (Fsp3) is 0.625. The van der Waals surface area contributed by atoms with Gasteiger partial charge in [-0.3, -0.25) is 0 Å². The molecule has 112 valence electrons. The number of hydrogen-bond donors (Lipinski definition) is 1. The Hall–Kier alpha value is -0.0900. The van der Waals surface area contributed by atoms with Gasteiger partial charge < -0.3 is 10.1 Å². The fourth-order valence-corrected chi connectivity index (χ4v) is 3.17. The summed E-state index contributed by atoms with van der Waals surface area (Å²) in [5.41, 5.74) is 1.13. The van der Waals surface area contributed by atoms with E-state index in [0.29, 0.717) is 6.10 Å². The molecular weight excluding hydrogens is 338 g/mol. The van der Waals surface area contributed by atoms with E-state index in [1.54, 1.807) is 0 Å². The molecule has 0 saturated heterocycles. The van der Waals surface area contributed by atoms with Gasteiger partial charge in [0.25, 0.3) is 0 Å². The average Bonchev–Trinajstić information content (AvgIpc) is 2.47. The van der Waals surface area contributed by atoms with Gasteiger partial charge in [0.1, 0.15) is 0 Å². The van der Waals surface area contributed by atoms with Crippen LogP contribution >= 0.6 is 27.5 Å². The van der Waals surface area contributed by atoms with E-state index in [0.717, 1.165) is 41.2 Å². The van der Waals surface area contributed by atoms with Crippen LogP contribution < -0.4 is 5.32 Å². The van der Waals surface area contributed by atoms with Crippen LogP contribution in [0.4, 0.5) is 0 Å². The standard InChI is InChI=1S/C16H23BrClNO/c17-14-7-8-16(18)13(11-14)12-19-9-4-10-20-15-5-2-1-3-6-15/h7-8,11,15,19H,1-6,9-10,12H2. The first-order chi connectivity index (χ1) is 9.75. The van der Waals surface area contributed by atoms with E-state index in [9.17, 15) is 0 Å². The van der Waals surface area contributed by atoms with Crippen molar-refractivity contribution in [2.45, 2.75) is 51.2 Å². The summed E-state index contributed by atoms with van der Waals surface area (Å²) in [4.78, 5) is 0. The number of rotatable bonds is 7. The van der Waals surface area contributed by atoms with Crippen molar-refractivity contribution in [1.29, 1.82) is 0 Å². The molecule has 0 spiro atoms. The molecule has 1 aromatic carbocycles. The Bertz CT molecular complexity index is 407. The largest absolute Gasteiger partial charge is 0.378 e. The maximum Gasteiger partial charge on any atom is 0.0575 e. The predicted octanol–water partition coefficient (Wildman–Crippen LogP) is 4.93. The molecule has 0 bridgehead atoms. The molecule has 0 aromatic heterocycles. The lowest BCUT2D eigenvalue weighted by molar-refractivity contribution is 0.0273. The molecular formula is C16H23BrClNO. The first-order valence-electron chi connectivity index (χ1n) is 7.52. The highest BCUT2D eigenvalue weighted by Gasteiger charge is 2.12. The van der Waals surface area contributed by atoms with Crippen LogP contribution in [-0.4, -0.2) is 19.3 Å². The molecule has 2 rings (SSSR count). The van der Waals surface area contributed by atoms with Gasteiger partial charge in [0.2, 0.25) is 0 Å². The Morgan fingerprint density at radius 2 is 2.05 bits per heavy atom. The molecule has 0 amide bonds. The van der Waals surface area contributed by atoms with Crippen molar-refractivity contribution in [3.63, 3.8) is 0 Å². The summed E-state index contributed by atoms with van der Waals surface area (Å²) in [5, 5.41) is 4.24. The Labute approximate surface area is 135 Å². The van der Waals surface area contributed by atoms with Gasteiger partial charge in [-0.15, -0.1) is 0 Å². The third-order valence-electron chi connectivity index (χ3n) is 3.73. The number of halogens is 2. The van der Waals surface area contributed by atoms with Gasteiger partial charge in [-0.2, -0.15) is 0 Å². The van der Waals surface area contributed by atoms with Crippen LogP contribution in [0.5, 0.6) is 0 Å². The SMILES string of the molecule is Clc1ccc(Br)cc1CNCCCOC1CCCCC1. The Morgan fingerprint density at radius 1 is 1.25 bits per heavy atom. The van der Waals surface area contributed by atoms with E-state index in [1.807, 2.05) is 12.1 Å². The van der Waals surface area contributed by atoms with Gasteiger partial charge in [-0.25, -0.2) is 0 Å². The lowest BCUT2D eigenvalue weighted by Gasteiger charge is -2.21. The van der Waals surface area contributed by atoms with Crippen LogP contribution in [0.3, 0.4) is 0 Å². The van der Waals surface area contributed by atoms with Gasteiger partial charge >= 0.3 is 0 Å². The van der Waals surface area contributed by atoms with Crippen LogP contribution in [0.2, 0.25) is 5.02 Å². The van der Waals surface area contributed by atoms with Crippen LogP contribution in [0, 0.1) is 0 Å². The first kappa shape index (κ1) is 16.3. The molecule has 1 aliphatic carbocycles. The first-order valence-corrected chi connectivity index (χ1v) is 8.69. The summed E-state index contributed by atoms with van der Waals surface area (Å²) in [7, 11) is 0. The van der Waals surface area contributed by atoms with E-state index in [4.69, 9.17) is 16.3 Å². The number of ether oxygens (including phenoxy) is 1. The third-order valence-corrected chi connectivity index (χ3v) is 4.59. The molecule has 0 unspecified atom stereocenters. The minimum absolute atomic E-state index is 0.517. The fourth-order valence-electron chi connectivity index (χ4n) is 2.58. The minimum atomic E-state index is 0.517. The molecule has 2 nitrogen and oxygen atoms in total. The maximum absolute atomic E-state index is 6.15. The quantitative estimate of drug-likeness (QED) is 0.696. The second kappa shape index (κ2) is 9.04. The van der Waals surface area contributed by atoms with Crippen LogP contribution in [0.25, 0.3) is 0 Å². The second-order valence-corrected chi connectivity index (χ2v) is 6.72. The second-order valence-electron chi connectivity index (χ2n) is 5.40. The van der Waals surface area contributed by atoms with E-state index >= 15 is 0 Å². The summed E-state index contributed by atoms with van der Waals surface area (Å²) >= 11 is 9.62. The average molecular weight is 361 g/mol. The highest BCUT2D eigenvalue weighted by Crippen LogP contribution is 2.21. The molecule has 1 aliphatic rings. The minimum Gasteiger partial charge on any atom is -0.378 e. The van der Waals surface area contributed by atoms with Gasteiger partial charge in [-0.05, 0) is 49.6 Å². The molecule has 0 aliphatic heterocycles. The normalized spacial score (nSPS) is 16.5. The van der Waals surface area contributed by atoms with Crippen LogP contribution in [-0.2, 0) is 11.3 Å². The van der Waals surface area contributed by atoms with Crippen molar-refractivity contribution < 1.29 is 4.74 Å². The molecule has 0 heterocycles. The Kier molecular flexibility index (Phi) is 7.36. The van der Waals surface area contributed by atoms with Crippen molar-refractivity contribution in [2.24, 2.45) is 0 Å². The predicted molar refractivity (Wildman–Crippen MR) is 88.3 cm³/mol. The number of hydrogen-bond acceptors (Lipinski definition) is 2. The summed E-state index contributed by atoms with van der Waals surface area (Å²) in [6.45, 7) is 2.64. The van der Waals surface area contributed by atoms with Crippen molar-refractivity contribution in [2.75, 3.05) is 13.2 Å². The number of nitrogens with one attached hydrogen (secondary N) is 1. The molecule has 1 N–H and O–H groups in total. The lowest BCUT2D eigenvalue weighted by Crippen LogP contribution is -2.20. The molecule has 0 atom stereocenters. The van der Waals surface area contributed by atoms with E-state index in [-0.39, 0.29) is 0 Å². The van der Waals surface area contributed by atoms with Gasteiger partial charge in [0.15, 0.2) is 0 Å². The lowest BCUT2D eigenvalue weighted by atomic mass is 9.98. The van der Waals surface area contributed by atoms with Crippen LogP contribution in [0.15, 0.2) is 22.7 Å². The summed E-state index contributed by atoms with van der Waals surface area (Å²) in [6.07, 6.45) is 8.14. The molecule has 4 heteroatoms. The maximum atomic E-state index is 6.15. The van der Waals surface area contributed by atoms with Crippen LogP contribution in [0.1, 0.15) is 44.1 Å². The number of benzene rings is 1. The summed E-state index contributed by atoms with van der Waals surface area (Å²) in [6, 6.07) is 5.95. The van der Waals surface area contributed by atoms with E-state index < -0.39 is 0 Å². The van der Waals surface area contributed by atoms with Crippen molar-refractivity contribution in [3.05, 3.63) is 33.3 Å². The third kappa shape index (κ3) is 5.72. The Morgan fingerprint density at radius 3 is 2.85 bits per heavy atom. The Balaban J connectivity index is 1.56. The van der Waals surface area contributed by atoms with Crippen molar-refractivity contribution in [1.82, 2.24) is 5.32 Å². The van der Waals surface area contributed by atoms with Crippen molar-refractivity contribution >= 4 is 27.5 Å². The monoisotopic (exact) mass is 359 g/mol. The zero-order valence-corrected chi connectivity index (χ0v) is 14.2. The van der Waals surface area contributed by atoms with Crippen molar-refractivity contribution in [3.8, 4) is 0 Å². The summed E-state index contributed by atoms with van der Waals surface area (Å²) in [5.74, 6) is 0. The molecule has 1 saturated carbocycles. The zero-order valence-electron chi connectivity index (χ0n) is 11.8. The highest BCUT2D eigenvalue weighted by atomic mass is 79.9. The van der Waals surface area contributed by atoms with E-state index in [2.05, 4.69) is 27.3 Å². The highest BCUT2D eigenvalue weighted by molar-refractivity contribution is 9.10. The summed E-state index contributed by atoms with van der Waals surface area (Å²) < 4.78 is 6.97. The van der Waals surface area contributed by atoms with Gasteiger partial charge in [0.05, 0.1) is 6.10 Å². The topological polar surface area (TPSA) is 21.3 Å². The zero-order chi connectivity index (χ0) is 14.2. The molecule has 0 radical (unpaired) electrons. The van der Waals surface area contributed by atoms with E-state index in [1.165, 1.54) is 32.1 Å². The molecule has 1 aromatic rings. The van der Waals surface area contributed by atoms with Gasteiger partial charge in [0, 0.05) is 22.6 Å².